The topological polar surface area (TPSA) is 101 Å². The van der Waals surface area contributed by atoms with Crippen LogP contribution in [-0.2, 0) is 29.8 Å². The van der Waals surface area contributed by atoms with Crippen molar-refractivity contribution in [3.8, 4) is 10.1 Å². The summed E-state index contributed by atoms with van der Waals surface area (Å²) < 4.78 is 30.3. The van der Waals surface area contributed by atoms with Crippen molar-refractivity contribution in [3.63, 3.8) is 0 Å². The van der Waals surface area contributed by atoms with E-state index in [1.807, 2.05) is 18.2 Å². The third kappa shape index (κ3) is 5.60. The number of benzene rings is 1. The van der Waals surface area contributed by atoms with Crippen molar-refractivity contribution in [1.82, 2.24) is 14.9 Å². The number of hydrogen-bond acceptors (Lipinski definition) is 8. The van der Waals surface area contributed by atoms with Crippen molar-refractivity contribution in [3.05, 3.63) is 51.9 Å². The van der Waals surface area contributed by atoms with E-state index in [4.69, 9.17) is 36.8 Å². The van der Waals surface area contributed by atoms with Gasteiger partial charge in [0.2, 0.25) is 0 Å². The van der Waals surface area contributed by atoms with Crippen molar-refractivity contribution in [2.75, 3.05) is 36.8 Å². The van der Waals surface area contributed by atoms with Crippen LogP contribution in [0.25, 0.3) is 0 Å². The van der Waals surface area contributed by atoms with E-state index in [2.05, 4.69) is 13.9 Å². The molecule has 2 N–H and O–H groups in total. The van der Waals surface area contributed by atoms with Crippen LogP contribution in [0.2, 0.25) is 5.02 Å². The molecule has 1 spiro atoms. The zero-order valence-electron chi connectivity index (χ0n) is 24.3. The van der Waals surface area contributed by atoms with Crippen LogP contribution in [-0.4, -0.2) is 56.7 Å². The van der Waals surface area contributed by atoms with Crippen LogP contribution in [0.3, 0.4) is 0 Å². The van der Waals surface area contributed by atoms with Crippen LogP contribution in [0.1, 0.15) is 73.8 Å². The molecule has 0 amide bonds. The van der Waals surface area contributed by atoms with E-state index >= 15 is 0 Å². The van der Waals surface area contributed by atoms with E-state index < -0.39 is 33.0 Å². The molecule has 1 aliphatic carbocycles. The molecule has 5 aliphatic rings. The molecule has 1 aromatic heterocycles. The third-order valence-electron chi connectivity index (χ3n) is 10.1. The summed E-state index contributed by atoms with van der Waals surface area (Å²) in [5.41, 5.74) is 10.2. The van der Waals surface area contributed by atoms with Gasteiger partial charge in [0.15, 0.2) is 0 Å². The number of rotatable bonds is 5. The summed E-state index contributed by atoms with van der Waals surface area (Å²) in [6, 6.07) is 4.16. The van der Waals surface area contributed by atoms with Gasteiger partial charge in [0.1, 0.15) is 6.17 Å². The molecule has 0 radical (unpaired) electrons. The Morgan fingerprint density at radius 2 is 2.07 bits per heavy atom. The van der Waals surface area contributed by atoms with Crippen molar-refractivity contribution >= 4 is 23.1 Å². The Kier molecular flexibility index (Phi) is 8.20. The average molecular weight is 720 g/mol. The van der Waals surface area contributed by atoms with Gasteiger partial charge < -0.3 is 5.73 Å². The molecule has 0 bridgehead atoms. The molecule has 0 saturated carbocycles. The monoisotopic (exact) mass is 719 g/mol. The molecule has 2 aromatic rings. The van der Waals surface area contributed by atoms with Gasteiger partial charge >= 0.3 is 216 Å². The Balaban J connectivity index is 1.23. The molecular weight excluding hydrogens is 682 g/mol. The number of alkyl halides is 2. The number of fused-ring (bicyclic) bond motifs is 4. The predicted molar refractivity (Wildman–Crippen MR) is 159 cm³/mol. The molecule has 5 heterocycles. The molecule has 230 valence electrons. The number of anilines is 2. The third-order valence-corrected chi connectivity index (χ3v) is 12.8. The molecule has 43 heavy (non-hydrogen) atoms. The van der Waals surface area contributed by atoms with Crippen LogP contribution in [0, 0.1) is 9.34 Å². The summed E-state index contributed by atoms with van der Waals surface area (Å²) >= 11 is 6.22. The normalized spacial score (nSPS) is 30.7. The van der Waals surface area contributed by atoms with E-state index in [0.29, 0.717) is 46.6 Å². The molecule has 3 fully saturated rings. The zero-order chi connectivity index (χ0) is 29.6. The summed E-state index contributed by atoms with van der Waals surface area (Å²) in [4.78, 5) is 14.5. The van der Waals surface area contributed by atoms with Gasteiger partial charge in [-0.05, 0) is 19.0 Å². The van der Waals surface area contributed by atoms with E-state index in [0.717, 1.165) is 99.2 Å². The van der Waals surface area contributed by atoms with E-state index in [1.165, 1.54) is 0 Å². The van der Waals surface area contributed by atoms with Gasteiger partial charge in [0, 0.05) is 6.54 Å². The Labute approximate surface area is 268 Å². The first kappa shape index (κ1) is 29.5. The Hall–Kier alpha value is -2.20. The maximum atomic E-state index is 14.3. The van der Waals surface area contributed by atoms with Crippen molar-refractivity contribution in [2.24, 2.45) is 0 Å². The van der Waals surface area contributed by atoms with Crippen LogP contribution >= 0.6 is 11.6 Å². The van der Waals surface area contributed by atoms with Crippen LogP contribution in [0.4, 0.5) is 15.9 Å². The molecule has 1 aromatic carbocycles. The number of nitrogens with two attached hydrogens (primary N) is 1. The number of hydrogen-bond donors (Lipinski definition) is 1. The zero-order valence-corrected chi connectivity index (χ0v) is 27.2. The fourth-order valence-corrected chi connectivity index (χ4v) is 10.1. The Morgan fingerprint density at radius 3 is 2.95 bits per heavy atom. The van der Waals surface area contributed by atoms with Gasteiger partial charge in [-0.2, -0.15) is 0 Å². The molecule has 2 unspecified atom stereocenters. The van der Waals surface area contributed by atoms with Crippen LogP contribution in [0.15, 0.2) is 24.5 Å². The summed E-state index contributed by atoms with van der Waals surface area (Å²) in [5.74, 6) is 0.867. The van der Waals surface area contributed by atoms with Crippen LogP contribution in [0.5, 0.6) is 6.01 Å². The van der Waals surface area contributed by atoms with E-state index in [1.54, 1.807) is 6.26 Å². The molecule has 7 rings (SSSR count). The second kappa shape index (κ2) is 12.0. The summed E-state index contributed by atoms with van der Waals surface area (Å²) in [7, 11) is 0. The van der Waals surface area contributed by atoms with E-state index in [-0.39, 0.29) is 5.54 Å². The SMILES string of the molecule is N#C[I-]C1CCCN(c2nc(O/C=C/C34CCCN3C[C@H](F)C4)nc3c2CO[C@]2(CCCc4c(Cl)cc(N)cc42)C3)CC1. The van der Waals surface area contributed by atoms with Gasteiger partial charge in [-0.25, -0.2) is 4.39 Å². The molecular formula is C32H38ClFIN6O2-. The first-order valence-corrected chi connectivity index (χ1v) is 18.2. The summed E-state index contributed by atoms with van der Waals surface area (Å²) in [6.07, 6.45) is 11.9. The standard InChI is InChI=1S/C32H38ClFIN6O2/c33-27-15-23(37)14-26-24(27)5-1-8-32(26)17-28-25(19-43-32)29(40-10-2-4-22(6-12-40)35-20-36)39-30(38-28)42-13-9-31-7-3-11-41(31)18-21(34)16-31/h9,13-15,21-22H,1-8,10-12,16-19,37H2/q-1/b13-9+/t21-,22?,31?,32-/m1/s1. The van der Waals surface area contributed by atoms with Gasteiger partial charge in [-0.3, -0.25) is 0 Å². The van der Waals surface area contributed by atoms with Crippen LogP contribution < -0.4 is 36.6 Å². The maximum absolute atomic E-state index is 14.3. The Morgan fingerprint density at radius 1 is 1.16 bits per heavy atom. The summed E-state index contributed by atoms with van der Waals surface area (Å²) in [5, 5.41) is 10.0. The number of halogens is 3. The average Bonchev–Trinajstić information content (AvgIpc) is 3.39. The molecule has 8 nitrogen and oxygen atoms in total. The molecule has 4 aliphatic heterocycles. The van der Waals surface area contributed by atoms with Gasteiger partial charge in [0.25, 0.3) is 0 Å². The minimum atomic E-state index is -0.802. The molecule has 11 heteroatoms. The number of ether oxygens (including phenoxy) is 2. The van der Waals surface area contributed by atoms with E-state index in [9.17, 15) is 9.65 Å². The second-order valence-electron chi connectivity index (χ2n) is 12.7. The Bertz CT molecular complexity index is 1470. The van der Waals surface area contributed by atoms with Gasteiger partial charge in [0.05, 0.1) is 0 Å². The molecule has 4 atom stereocenters. The number of nitrogen functional groups attached to an aromatic ring is 1. The molecule has 3 saturated heterocycles. The number of aromatic nitrogens is 2. The fraction of sp³-hybridized carbons (Fsp3) is 0.594. The van der Waals surface area contributed by atoms with Crippen molar-refractivity contribution in [1.29, 1.82) is 5.26 Å². The minimum absolute atomic E-state index is 0.275. The van der Waals surface area contributed by atoms with Crippen molar-refractivity contribution < 1.29 is 35.1 Å². The number of nitriles is 1. The second-order valence-corrected chi connectivity index (χ2v) is 16.0. The predicted octanol–water partition coefficient (Wildman–Crippen LogP) is 2.41. The summed E-state index contributed by atoms with van der Waals surface area (Å²) in [6.45, 7) is 3.54. The quantitative estimate of drug-likeness (QED) is 0.218. The van der Waals surface area contributed by atoms with Gasteiger partial charge in [-0.1, -0.05) is 11.6 Å². The van der Waals surface area contributed by atoms with Crippen molar-refractivity contribution in [2.45, 2.75) is 92.1 Å². The fourth-order valence-electron chi connectivity index (χ4n) is 8.04. The first-order valence-electron chi connectivity index (χ1n) is 15.5. The number of nitrogens with zero attached hydrogens (tertiary/aromatic N) is 5. The first-order chi connectivity index (χ1) is 20.9. The van der Waals surface area contributed by atoms with Gasteiger partial charge in [-0.15, -0.1) is 0 Å².